The molecular weight excluding hydrogens is 352 g/mol. The topological polar surface area (TPSA) is 92.4 Å². The van der Waals surface area contributed by atoms with Crippen LogP contribution in [0.3, 0.4) is 0 Å². The molecule has 5 heteroatoms. The van der Waals surface area contributed by atoms with Gasteiger partial charge in [0, 0.05) is 6.42 Å². The van der Waals surface area contributed by atoms with Gasteiger partial charge in [-0.05, 0) is 57.9 Å². The molecule has 0 saturated heterocycles. The van der Waals surface area contributed by atoms with Crippen molar-refractivity contribution in [3.05, 3.63) is 36.5 Å². The van der Waals surface area contributed by atoms with Crippen LogP contribution < -0.4 is 11.1 Å². The molecule has 0 aromatic rings. The van der Waals surface area contributed by atoms with Gasteiger partial charge < -0.3 is 16.2 Å². The predicted molar refractivity (Wildman–Crippen MR) is 117 cm³/mol. The van der Waals surface area contributed by atoms with Gasteiger partial charge in [-0.3, -0.25) is 4.79 Å². The fourth-order valence-corrected chi connectivity index (χ4v) is 2.75. The fourth-order valence-electron chi connectivity index (χ4n) is 2.75. The van der Waals surface area contributed by atoms with Gasteiger partial charge in [-0.1, -0.05) is 62.6 Å². The molecule has 1 atom stereocenters. The molecule has 1 amide bonds. The first-order valence-electron chi connectivity index (χ1n) is 10.8. The summed E-state index contributed by atoms with van der Waals surface area (Å²) < 4.78 is 0. The zero-order valence-electron chi connectivity index (χ0n) is 17.6. The molecule has 0 aromatic heterocycles. The molecule has 0 aliphatic heterocycles. The summed E-state index contributed by atoms with van der Waals surface area (Å²) >= 11 is 0. The first-order chi connectivity index (χ1) is 13.6. The van der Waals surface area contributed by atoms with Gasteiger partial charge >= 0.3 is 5.97 Å². The van der Waals surface area contributed by atoms with E-state index in [1.54, 1.807) is 0 Å². The van der Waals surface area contributed by atoms with Gasteiger partial charge in [0.15, 0.2) is 0 Å². The van der Waals surface area contributed by atoms with Gasteiger partial charge in [0.2, 0.25) is 5.91 Å². The molecular formula is C23H40N2O3. The minimum Gasteiger partial charge on any atom is -0.480 e. The zero-order valence-corrected chi connectivity index (χ0v) is 17.6. The second kappa shape index (κ2) is 19.9. The highest BCUT2D eigenvalue weighted by molar-refractivity contribution is 5.83. The number of rotatable bonds is 18. The van der Waals surface area contributed by atoms with E-state index in [0.29, 0.717) is 25.8 Å². The highest BCUT2D eigenvalue weighted by atomic mass is 16.4. The predicted octanol–water partition coefficient (Wildman–Crippen LogP) is 4.88. The van der Waals surface area contributed by atoms with Crippen molar-refractivity contribution in [3.8, 4) is 0 Å². The molecule has 0 fully saturated rings. The highest BCUT2D eigenvalue weighted by Gasteiger charge is 2.18. The van der Waals surface area contributed by atoms with Crippen molar-refractivity contribution in [2.75, 3.05) is 6.54 Å². The lowest BCUT2D eigenvalue weighted by Crippen LogP contribution is -2.40. The van der Waals surface area contributed by atoms with Crippen LogP contribution in [-0.2, 0) is 9.59 Å². The van der Waals surface area contributed by atoms with Crippen molar-refractivity contribution in [1.29, 1.82) is 0 Å². The molecule has 0 bridgehead atoms. The van der Waals surface area contributed by atoms with E-state index in [1.165, 1.54) is 6.42 Å². The molecule has 160 valence electrons. The number of hydrogen-bond donors (Lipinski definition) is 3. The summed E-state index contributed by atoms with van der Waals surface area (Å²) in [5.41, 5.74) is 5.39. The van der Waals surface area contributed by atoms with Crippen molar-refractivity contribution >= 4 is 11.9 Å². The second-order valence-corrected chi connectivity index (χ2v) is 6.99. The van der Waals surface area contributed by atoms with Crippen LogP contribution in [-0.4, -0.2) is 29.6 Å². The van der Waals surface area contributed by atoms with Crippen LogP contribution in [0, 0.1) is 0 Å². The maximum Gasteiger partial charge on any atom is 0.326 e. The lowest BCUT2D eigenvalue weighted by atomic mass is 10.1. The quantitative estimate of drug-likeness (QED) is 0.229. The third-order valence-electron chi connectivity index (χ3n) is 4.38. The first-order valence-corrected chi connectivity index (χ1v) is 10.8. The number of carbonyl (C=O) groups is 2. The molecule has 0 aromatic carbocycles. The number of carboxylic acid groups (broad SMARTS) is 1. The zero-order chi connectivity index (χ0) is 20.9. The highest BCUT2D eigenvalue weighted by Crippen LogP contribution is 2.08. The molecule has 28 heavy (non-hydrogen) atoms. The molecule has 0 saturated carbocycles. The average Bonchev–Trinajstić information content (AvgIpc) is 2.67. The molecule has 0 heterocycles. The number of nitrogens with two attached hydrogens (primary N) is 1. The van der Waals surface area contributed by atoms with Crippen LogP contribution in [0.4, 0.5) is 0 Å². The minimum absolute atomic E-state index is 0.175. The van der Waals surface area contributed by atoms with Crippen molar-refractivity contribution < 1.29 is 14.7 Å². The molecule has 5 nitrogen and oxygen atoms in total. The first kappa shape index (κ1) is 26.1. The number of nitrogens with one attached hydrogen (secondary N) is 1. The molecule has 0 aliphatic rings. The summed E-state index contributed by atoms with van der Waals surface area (Å²) in [4.78, 5) is 22.9. The Morgan fingerprint density at radius 2 is 1.50 bits per heavy atom. The van der Waals surface area contributed by atoms with Crippen molar-refractivity contribution in [3.63, 3.8) is 0 Å². The van der Waals surface area contributed by atoms with E-state index in [-0.39, 0.29) is 5.91 Å². The van der Waals surface area contributed by atoms with Crippen LogP contribution in [0.5, 0.6) is 0 Å². The van der Waals surface area contributed by atoms with Crippen molar-refractivity contribution in [2.45, 2.75) is 90.0 Å². The maximum atomic E-state index is 11.8. The van der Waals surface area contributed by atoms with E-state index in [9.17, 15) is 9.59 Å². The minimum atomic E-state index is -0.987. The summed E-state index contributed by atoms with van der Waals surface area (Å²) in [7, 11) is 0. The molecule has 0 spiro atoms. The fraction of sp³-hybridized carbons (Fsp3) is 0.652. The third kappa shape index (κ3) is 17.5. The van der Waals surface area contributed by atoms with Gasteiger partial charge in [0.1, 0.15) is 6.04 Å². The lowest BCUT2D eigenvalue weighted by molar-refractivity contribution is -0.142. The van der Waals surface area contributed by atoms with Gasteiger partial charge in [0.25, 0.3) is 0 Å². The second-order valence-electron chi connectivity index (χ2n) is 6.99. The Bertz CT molecular complexity index is 484. The van der Waals surface area contributed by atoms with E-state index in [0.717, 1.165) is 51.4 Å². The Morgan fingerprint density at radius 3 is 2.14 bits per heavy atom. The Labute approximate surface area is 171 Å². The van der Waals surface area contributed by atoms with Crippen molar-refractivity contribution in [2.24, 2.45) is 5.73 Å². The average molecular weight is 393 g/mol. The van der Waals surface area contributed by atoms with Gasteiger partial charge in [-0.15, -0.1) is 0 Å². The van der Waals surface area contributed by atoms with Crippen LogP contribution >= 0.6 is 0 Å². The van der Waals surface area contributed by atoms with E-state index in [1.807, 2.05) is 0 Å². The Morgan fingerprint density at radius 1 is 0.893 bits per heavy atom. The molecule has 4 N–H and O–H groups in total. The van der Waals surface area contributed by atoms with E-state index >= 15 is 0 Å². The van der Waals surface area contributed by atoms with Gasteiger partial charge in [-0.25, -0.2) is 4.79 Å². The SMILES string of the molecule is CC/C=C\C/C=C\C/C=C\CCCCCCCC(=O)N[C@@H](CCCN)C(=O)O. The molecule has 0 unspecified atom stereocenters. The van der Waals surface area contributed by atoms with Crippen LogP contribution in [0.1, 0.15) is 84.0 Å². The van der Waals surface area contributed by atoms with Crippen LogP contribution in [0.25, 0.3) is 0 Å². The summed E-state index contributed by atoms with van der Waals surface area (Å²) in [6.45, 7) is 2.57. The summed E-state index contributed by atoms with van der Waals surface area (Å²) in [6.07, 6.45) is 24.1. The summed E-state index contributed by atoms with van der Waals surface area (Å²) in [5, 5.41) is 11.7. The number of carboxylic acids is 1. The van der Waals surface area contributed by atoms with Gasteiger partial charge in [0.05, 0.1) is 0 Å². The Balaban J connectivity index is 3.58. The number of aliphatic carboxylic acids is 1. The number of carbonyl (C=O) groups excluding carboxylic acids is 1. The number of unbranched alkanes of at least 4 members (excludes halogenated alkanes) is 5. The lowest BCUT2D eigenvalue weighted by Gasteiger charge is -2.13. The molecule has 0 rings (SSSR count). The summed E-state index contributed by atoms with van der Waals surface area (Å²) in [5.74, 6) is -1.16. The van der Waals surface area contributed by atoms with Gasteiger partial charge in [-0.2, -0.15) is 0 Å². The van der Waals surface area contributed by atoms with E-state index in [2.05, 4.69) is 48.7 Å². The smallest absolute Gasteiger partial charge is 0.326 e. The van der Waals surface area contributed by atoms with Crippen LogP contribution in [0.15, 0.2) is 36.5 Å². The van der Waals surface area contributed by atoms with E-state index in [4.69, 9.17) is 10.8 Å². The largest absolute Gasteiger partial charge is 0.480 e. The number of amides is 1. The summed E-state index contributed by atoms with van der Waals surface area (Å²) in [6, 6.07) is -0.814. The van der Waals surface area contributed by atoms with Crippen molar-refractivity contribution in [1.82, 2.24) is 5.32 Å². The standard InChI is InChI=1S/C23H40N2O3/c1-2-3-4-5-6-7-8-9-10-11-12-13-14-15-16-19-22(26)25-21(23(27)28)18-17-20-24/h3-4,6-7,9-10,21H,2,5,8,11-20,24H2,1H3,(H,25,26)(H,27,28)/b4-3-,7-6-,10-9-/t21-/m0/s1. The monoisotopic (exact) mass is 392 g/mol. The van der Waals surface area contributed by atoms with Crippen LogP contribution in [0.2, 0.25) is 0 Å². The van der Waals surface area contributed by atoms with E-state index < -0.39 is 12.0 Å². The maximum absolute atomic E-state index is 11.8. The molecule has 0 aliphatic carbocycles. The normalized spacial score (nSPS) is 12.9. The Hall–Kier alpha value is -1.88. The number of allylic oxidation sites excluding steroid dienone is 6. The number of hydrogen-bond acceptors (Lipinski definition) is 3. The third-order valence-corrected chi connectivity index (χ3v) is 4.38. The Kier molecular flexibility index (Phi) is 18.5. The molecule has 0 radical (unpaired) electrons.